The first-order valence-corrected chi connectivity index (χ1v) is 4.14. The SMILES string of the molecule is CC1OC12CCN(C=O)CC2. The molecule has 0 saturated carbocycles. The van der Waals surface area contributed by atoms with Crippen LogP contribution in [0.5, 0.6) is 0 Å². The molecule has 0 aromatic carbocycles. The Balaban J connectivity index is 1.90. The van der Waals surface area contributed by atoms with Gasteiger partial charge in [0.15, 0.2) is 0 Å². The van der Waals surface area contributed by atoms with E-state index in [1.54, 1.807) is 0 Å². The van der Waals surface area contributed by atoms with Crippen molar-refractivity contribution < 1.29 is 9.53 Å². The van der Waals surface area contributed by atoms with E-state index in [9.17, 15) is 4.79 Å². The number of amides is 1. The minimum Gasteiger partial charge on any atom is -0.366 e. The normalized spacial score (nSPS) is 33.9. The average Bonchev–Trinajstić information content (AvgIpc) is 2.64. The van der Waals surface area contributed by atoms with Crippen molar-refractivity contribution in [3.8, 4) is 0 Å². The van der Waals surface area contributed by atoms with Crippen LogP contribution >= 0.6 is 0 Å². The van der Waals surface area contributed by atoms with Gasteiger partial charge >= 0.3 is 0 Å². The predicted octanol–water partition coefficient (Wildman–Crippen LogP) is 0.396. The quantitative estimate of drug-likeness (QED) is 0.405. The van der Waals surface area contributed by atoms with E-state index in [1.807, 2.05) is 4.90 Å². The molecule has 2 aliphatic rings. The zero-order valence-electron chi connectivity index (χ0n) is 6.75. The molecule has 0 radical (unpaired) electrons. The molecule has 0 aromatic rings. The number of likely N-dealkylation sites (tertiary alicyclic amines) is 1. The molecule has 0 aliphatic carbocycles. The van der Waals surface area contributed by atoms with E-state index >= 15 is 0 Å². The number of hydrogen-bond donors (Lipinski definition) is 0. The fraction of sp³-hybridized carbons (Fsp3) is 0.875. The molecule has 3 nitrogen and oxygen atoms in total. The molecule has 2 aliphatic heterocycles. The first kappa shape index (κ1) is 7.10. The third-order valence-electron chi connectivity index (χ3n) is 2.89. The highest BCUT2D eigenvalue weighted by molar-refractivity contribution is 5.47. The van der Waals surface area contributed by atoms with Gasteiger partial charge in [-0.05, 0) is 19.8 Å². The highest BCUT2D eigenvalue weighted by atomic mass is 16.6. The van der Waals surface area contributed by atoms with Gasteiger partial charge in [0.1, 0.15) is 0 Å². The molecule has 0 N–H and O–H groups in total. The van der Waals surface area contributed by atoms with Gasteiger partial charge in [-0.1, -0.05) is 0 Å². The number of piperidine rings is 1. The molecule has 1 amide bonds. The smallest absolute Gasteiger partial charge is 0.209 e. The van der Waals surface area contributed by atoms with Gasteiger partial charge in [0.05, 0.1) is 11.7 Å². The van der Waals surface area contributed by atoms with Crippen molar-refractivity contribution in [1.82, 2.24) is 4.90 Å². The summed E-state index contributed by atoms with van der Waals surface area (Å²) in [6.07, 6.45) is 3.40. The Morgan fingerprint density at radius 1 is 1.55 bits per heavy atom. The third-order valence-corrected chi connectivity index (χ3v) is 2.89. The van der Waals surface area contributed by atoms with Crippen molar-refractivity contribution in [2.45, 2.75) is 31.5 Å². The molecule has 3 heteroatoms. The van der Waals surface area contributed by atoms with Crippen molar-refractivity contribution in [2.75, 3.05) is 13.1 Å². The van der Waals surface area contributed by atoms with Crippen molar-refractivity contribution in [3.05, 3.63) is 0 Å². The lowest BCUT2D eigenvalue weighted by molar-refractivity contribution is -0.119. The zero-order valence-corrected chi connectivity index (χ0v) is 6.75. The first-order valence-electron chi connectivity index (χ1n) is 4.14. The Bertz CT molecular complexity index is 173. The minimum atomic E-state index is 0.166. The minimum absolute atomic E-state index is 0.166. The summed E-state index contributed by atoms with van der Waals surface area (Å²) in [5.74, 6) is 0. The molecule has 2 rings (SSSR count). The topological polar surface area (TPSA) is 32.8 Å². The fourth-order valence-electron chi connectivity index (χ4n) is 1.85. The number of ether oxygens (including phenoxy) is 1. The number of rotatable bonds is 1. The molecule has 1 unspecified atom stereocenters. The van der Waals surface area contributed by atoms with Crippen LogP contribution in [0.2, 0.25) is 0 Å². The average molecular weight is 155 g/mol. The Hall–Kier alpha value is -0.570. The molecule has 2 heterocycles. The molecular formula is C8H13NO2. The van der Waals surface area contributed by atoms with E-state index in [1.165, 1.54) is 0 Å². The number of epoxide rings is 1. The van der Waals surface area contributed by atoms with Crippen LogP contribution in [-0.2, 0) is 9.53 Å². The van der Waals surface area contributed by atoms with E-state index in [-0.39, 0.29) is 5.60 Å². The molecule has 11 heavy (non-hydrogen) atoms. The molecule has 62 valence electrons. The maximum absolute atomic E-state index is 10.4. The van der Waals surface area contributed by atoms with E-state index in [2.05, 4.69) is 6.92 Å². The molecule has 2 fully saturated rings. The first-order chi connectivity index (χ1) is 5.27. The maximum Gasteiger partial charge on any atom is 0.209 e. The lowest BCUT2D eigenvalue weighted by Gasteiger charge is -2.27. The van der Waals surface area contributed by atoms with Gasteiger partial charge in [-0.3, -0.25) is 4.79 Å². The monoisotopic (exact) mass is 155 g/mol. The van der Waals surface area contributed by atoms with Crippen LogP contribution in [0.15, 0.2) is 0 Å². The lowest BCUT2D eigenvalue weighted by Crippen LogP contribution is -2.37. The van der Waals surface area contributed by atoms with E-state index in [0.29, 0.717) is 6.10 Å². The molecular weight excluding hydrogens is 142 g/mol. The van der Waals surface area contributed by atoms with Crippen molar-refractivity contribution >= 4 is 6.41 Å². The zero-order chi connectivity index (χ0) is 7.90. The highest BCUT2D eigenvalue weighted by Crippen LogP contribution is 2.44. The summed E-state index contributed by atoms with van der Waals surface area (Å²) in [6, 6.07) is 0. The molecule has 2 saturated heterocycles. The maximum atomic E-state index is 10.4. The number of carbonyl (C=O) groups excluding carboxylic acids is 1. The summed E-state index contributed by atoms with van der Waals surface area (Å²) in [5.41, 5.74) is 0.166. The van der Waals surface area contributed by atoms with Crippen LogP contribution < -0.4 is 0 Å². The largest absolute Gasteiger partial charge is 0.366 e. The Labute approximate surface area is 66.3 Å². The van der Waals surface area contributed by atoms with Gasteiger partial charge in [-0.15, -0.1) is 0 Å². The fourth-order valence-corrected chi connectivity index (χ4v) is 1.85. The van der Waals surface area contributed by atoms with Crippen molar-refractivity contribution in [3.63, 3.8) is 0 Å². The third kappa shape index (κ3) is 1.03. The second-order valence-electron chi connectivity index (χ2n) is 3.47. The van der Waals surface area contributed by atoms with Crippen LogP contribution in [0, 0.1) is 0 Å². The molecule has 1 spiro atoms. The Morgan fingerprint density at radius 3 is 2.45 bits per heavy atom. The number of nitrogens with zero attached hydrogens (tertiary/aromatic N) is 1. The molecule has 0 aromatic heterocycles. The van der Waals surface area contributed by atoms with Crippen LogP contribution in [0.3, 0.4) is 0 Å². The second-order valence-corrected chi connectivity index (χ2v) is 3.47. The van der Waals surface area contributed by atoms with E-state index in [4.69, 9.17) is 4.74 Å². The van der Waals surface area contributed by atoms with Crippen LogP contribution in [0.1, 0.15) is 19.8 Å². The lowest BCUT2D eigenvalue weighted by atomic mass is 9.94. The van der Waals surface area contributed by atoms with Gasteiger partial charge in [-0.2, -0.15) is 0 Å². The summed E-state index contributed by atoms with van der Waals surface area (Å²) in [7, 11) is 0. The van der Waals surface area contributed by atoms with Gasteiger partial charge < -0.3 is 9.64 Å². The van der Waals surface area contributed by atoms with E-state index < -0.39 is 0 Å². The number of carbonyl (C=O) groups is 1. The van der Waals surface area contributed by atoms with Gasteiger partial charge in [0.25, 0.3) is 0 Å². The molecule has 0 bridgehead atoms. The van der Waals surface area contributed by atoms with Crippen molar-refractivity contribution in [2.24, 2.45) is 0 Å². The summed E-state index contributed by atoms with van der Waals surface area (Å²) in [4.78, 5) is 12.2. The Morgan fingerprint density at radius 2 is 2.09 bits per heavy atom. The molecule has 1 atom stereocenters. The predicted molar refractivity (Wildman–Crippen MR) is 40.1 cm³/mol. The number of hydrogen-bond acceptors (Lipinski definition) is 2. The summed E-state index contributed by atoms with van der Waals surface area (Å²) in [5, 5.41) is 0. The summed E-state index contributed by atoms with van der Waals surface area (Å²) in [6.45, 7) is 3.85. The Kier molecular flexibility index (Phi) is 1.42. The second kappa shape index (κ2) is 2.21. The van der Waals surface area contributed by atoms with Crippen LogP contribution in [0.4, 0.5) is 0 Å². The van der Waals surface area contributed by atoms with Gasteiger partial charge in [0.2, 0.25) is 6.41 Å². The highest BCUT2D eigenvalue weighted by Gasteiger charge is 2.54. The van der Waals surface area contributed by atoms with Crippen molar-refractivity contribution in [1.29, 1.82) is 0 Å². The summed E-state index contributed by atoms with van der Waals surface area (Å²) >= 11 is 0. The van der Waals surface area contributed by atoms with Gasteiger partial charge in [-0.25, -0.2) is 0 Å². The van der Waals surface area contributed by atoms with E-state index in [0.717, 1.165) is 32.3 Å². The van der Waals surface area contributed by atoms with Crippen LogP contribution in [0.25, 0.3) is 0 Å². The standard InChI is InChI=1S/C8H13NO2/c1-7-8(11-7)2-4-9(6-10)5-3-8/h6-7H,2-5H2,1H3. The summed E-state index contributed by atoms with van der Waals surface area (Å²) < 4.78 is 5.50. The van der Waals surface area contributed by atoms with Crippen LogP contribution in [-0.4, -0.2) is 36.1 Å². The van der Waals surface area contributed by atoms with Gasteiger partial charge in [0, 0.05) is 13.1 Å².